The lowest BCUT2D eigenvalue weighted by Gasteiger charge is -2.35. The average Bonchev–Trinajstić information content (AvgIpc) is 2.92. The fourth-order valence-electron chi connectivity index (χ4n) is 4.33. The van der Waals surface area contributed by atoms with Gasteiger partial charge in [-0.1, -0.05) is 48.5 Å². The smallest absolute Gasteiger partial charge is 0.430 e. The molecule has 0 fully saturated rings. The number of aliphatic carboxylic acids is 1. The Morgan fingerprint density at radius 2 is 1.55 bits per heavy atom. The molecule has 3 aromatic carbocycles. The van der Waals surface area contributed by atoms with Crippen molar-refractivity contribution in [3.63, 3.8) is 0 Å². The Morgan fingerprint density at radius 3 is 2.10 bits per heavy atom. The minimum atomic E-state index is -5.19. The first-order valence-electron chi connectivity index (χ1n) is 12.3. The predicted octanol–water partition coefficient (Wildman–Crippen LogP) is 1.85. The highest BCUT2D eigenvalue weighted by atomic mass is 19.4. The summed E-state index contributed by atoms with van der Waals surface area (Å²) in [6, 6.07) is 21.2. The molecule has 3 aromatic rings. The van der Waals surface area contributed by atoms with Gasteiger partial charge in [-0.15, -0.1) is 0 Å². The van der Waals surface area contributed by atoms with Gasteiger partial charge in [-0.3, -0.25) is 9.59 Å². The third-order valence-corrected chi connectivity index (χ3v) is 6.40. The van der Waals surface area contributed by atoms with Crippen LogP contribution in [0.5, 0.6) is 0 Å². The molecule has 1 aliphatic heterocycles. The Bertz CT molecular complexity index is 1370. The zero-order valence-corrected chi connectivity index (χ0v) is 21.3. The van der Waals surface area contributed by atoms with E-state index in [4.69, 9.17) is 15.0 Å². The molecule has 11 heteroatoms. The van der Waals surface area contributed by atoms with Gasteiger partial charge in [0.15, 0.2) is 5.78 Å². The van der Waals surface area contributed by atoms with Crippen LogP contribution < -0.4 is 10.8 Å². The Morgan fingerprint density at radius 1 is 0.950 bits per heavy atom. The van der Waals surface area contributed by atoms with Gasteiger partial charge in [-0.2, -0.15) is 13.2 Å². The number of carboxylic acids is 2. The van der Waals surface area contributed by atoms with Crippen molar-refractivity contribution in [3.05, 3.63) is 106 Å². The number of alkyl halides is 3. The first-order valence-corrected chi connectivity index (χ1v) is 12.3. The third-order valence-electron chi connectivity index (χ3n) is 6.40. The molecule has 4 N–H and O–H groups in total. The van der Waals surface area contributed by atoms with E-state index >= 15 is 0 Å². The van der Waals surface area contributed by atoms with Crippen molar-refractivity contribution in [1.29, 1.82) is 0 Å². The quantitative estimate of drug-likeness (QED) is 0.434. The molecule has 40 heavy (non-hydrogen) atoms. The number of Topliss-reactive ketones (excluding diaryl/α,β-unsaturated/α-hetero) is 1. The van der Waals surface area contributed by atoms with E-state index in [2.05, 4.69) is 5.73 Å². The van der Waals surface area contributed by atoms with Crippen molar-refractivity contribution in [1.82, 2.24) is 4.90 Å². The van der Waals surface area contributed by atoms with Gasteiger partial charge in [0.2, 0.25) is 0 Å². The zero-order chi connectivity index (χ0) is 29.4. The van der Waals surface area contributed by atoms with Crippen molar-refractivity contribution in [3.8, 4) is 0 Å². The van der Waals surface area contributed by atoms with E-state index in [1.807, 2.05) is 48.5 Å². The molecule has 1 amide bonds. The number of nitrogens with zero attached hydrogens (tertiary/aromatic N) is 1. The number of quaternary nitrogens is 1. The number of carboxylic acid groups (broad SMARTS) is 2. The molecule has 1 heterocycles. The number of fused-ring (bicyclic) bond motifs is 1. The van der Waals surface area contributed by atoms with Gasteiger partial charge in [0.05, 0.1) is 18.2 Å². The molecular formula is C29H27F3N2O6. The maximum Gasteiger partial charge on any atom is 0.430 e. The Balaban J connectivity index is 0.000000559. The van der Waals surface area contributed by atoms with Crippen LogP contribution in [0.25, 0.3) is 0 Å². The van der Waals surface area contributed by atoms with Crippen LogP contribution in [0.4, 0.5) is 13.2 Å². The second kappa shape index (κ2) is 13.0. The van der Waals surface area contributed by atoms with Gasteiger partial charge < -0.3 is 25.6 Å². The van der Waals surface area contributed by atoms with Gasteiger partial charge >= 0.3 is 12.1 Å². The lowest BCUT2D eigenvalue weighted by molar-refractivity contribution is -0.386. The predicted molar refractivity (Wildman–Crippen MR) is 135 cm³/mol. The fraction of sp³-hybridized carbons (Fsp3) is 0.241. The Kier molecular flexibility index (Phi) is 9.78. The summed E-state index contributed by atoms with van der Waals surface area (Å²) in [6.07, 6.45) is -3.93. The van der Waals surface area contributed by atoms with Crippen LogP contribution in [0.1, 0.15) is 43.0 Å². The van der Waals surface area contributed by atoms with Crippen LogP contribution in [0.2, 0.25) is 0 Å². The molecule has 0 bridgehead atoms. The molecule has 1 atom stereocenters. The number of halogens is 3. The van der Waals surface area contributed by atoms with E-state index in [0.717, 1.165) is 22.3 Å². The molecule has 1 unspecified atom stereocenters. The van der Waals surface area contributed by atoms with Crippen LogP contribution in [0, 0.1) is 0 Å². The fourth-order valence-corrected chi connectivity index (χ4v) is 4.33. The van der Waals surface area contributed by atoms with Crippen molar-refractivity contribution in [2.24, 2.45) is 0 Å². The zero-order valence-electron chi connectivity index (χ0n) is 21.3. The lowest BCUT2D eigenvalue weighted by atomic mass is 9.91. The number of carbonyl (C=O) groups is 4. The van der Waals surface area contributed by atoms with Gasteiger partial charge in [0.25, 0.3) is 5.91 Å². The minimum Gasteiger partial charge on any atom is -0.542 e. The molecular weight excluding hydrogens is 529 g/mol. The number of aromatic carboxylic acids is 1. The number of benzene rings is 3. The largest absolute Gasteiger partial charge is 0.542 e. The highest BCUT2D eigenvalue weighted by Gasteiger charge is 2.34. The van der Waals surface area contributed by atoms with E-state index in [0.29, 0.717) is 31.5 Å². The Hall–Kier alpha value is -4.51. The van der Waals surface area contributed by atoms with Crippen molar-refractivity contribution < 1.29 is 48.3 Å². The van der Waals surface area contributed by atoms with Gasteiger partial charge in [0.1, 0.15) is 5.97 Å². The summed E-state index contributed by atoms with van der Waals surface area (Å²) in [7, 11) is 0. The molecule has 0 saturated heterocycles. The van der Waals surface area contributed by atoms with E-state index < -0.39 is 24.2 Å². The normalized spacial score (nSPS) is 13.5. The van der Waals surface area contributed by atoms with Crippen LogP contribution >= 0.6 is 0 Å². The highest BCUT2D eigenvalue weighted by molar-refractivity contribution is 6.00. The molecule has 0 aliphatic carbocycles. The number of amides is 1. The van der Waals surface area contributed by atoms with E-state index in [1.54, 1.807) is 17.0 Å². The van der Waals surface area contributed by atoms with Crippen molar-refractivity contribution >= 4 is 23.6 Å². The monoisotopic (exact) mass is 556 g/mol. The second-order valence-electron chi connectivity index (χ2n) is 9.13. The molecule has 210 valence electrons. The molecule has 8 nitrogen and oxygen atoms in total. The number of carbonyl (C=O) groups excluding carboxylic acids is 3. The highest BCUT2D eigenvalue weighted by Crippen LogP contribution is 2.24. The van der Waals surface area contributed by atoms with Gasteiger partial charge in [-0.25, -0.2) is 4.79 Å². The third kappa shape index (κ3) is 7.76. The summed E-state index contributed by atoms with van der Waals surface area (Å²) in [5.74, 6) is -4.20. The number of hydrogen-bond donors (Lipinski definition) is 2. The summed E-state index contributed by atoms with van der Waals surface area (Å²) >= 11 is 0. The summed E-state index contributed by atoms with van der Waals surface area (Å²) in [4.78, 5) is 48.5. The van der Waals surface area contributed by atoms with E-state index in [-0.39, 0.29) is 23.7 Å². The molecule has 0 saturated carbocycles. The lowest BCUT2D eigenvalue weighted by Crippen LogP contribution is -2.50. The summed E-state index contributed by atoms with van der Waals surface area (Å²) < 4.78 is 31.5. The molecule has 1 aliphatic rings. The summed E-state index contributed by atoms with van der Waals surface area (Å²) in [6.45, 7) is 1.15. The van der Waals surface area contributed by atoms with E-state index in [1.165, 1.54) is 12.1 Å². The van der Waals surface area contributed by atoms with Crippen molar-refractivity contribution in [2.45, 2.75) is 38.0 Å². The van der Waals surface area contributed by atoms with Gasteiger partial charge in [0, 0.05) is 24.1 Å². The summed E-state index contributed by atoms with van der Waals surface area (Å²) in [5, 5.41) is 17.9. The number of rotatable bonds is 8. The van der Waals surface area contributed by atoms with Crippen LogP contribution in [-0.4, -0.2) is 52.4 Å². The van der Waals surface area contributed by atoms with Crippen LogP contribution in [-0.2, 0) is 35.4 Å². The minimum absolute atomic E-state index is 0.0619. The summed E-state index contributed by atoms with van der Waals surface area (Å²) in [5.41, 5.74) is 8.56. The SMILES string of the molecule is O=C([O-])C(F)(F)F.[NH3+]Cc1ccc2c(c1)CCN(C(Cc1ccccc1)C(=O)Cc1ccc(C(=O)O)cc1)C2=O. The first kappa shape index (κ1) is 30.0. The Labute approximate surface area is 227 Å². The van der Waals surface area contributed by atoms with Crippen LogP contribution in [0.15, 0.2) is 72.8 Å². The molecule has 0 radical (unpaired) electrons. The van der Waals surface area contributed by atoms with Crippen molar-refractivity contribution in [2.75, 3.05) is 6.54 Å². The number of hydrogen-bond acceptors (Lipinski definition) is 5. The molecule has 0 spiro atoms. The maximum absolute atomic E-state index is 13.5. The van der Waals surface area contributed by atoms with Gasteiger partial charge in [-0.05, 0) is 53.8 Å². The van der Waals surface area contributed by atoms with Crippen LogP contribution in [0.3, 0.4) is 0 Å². The molecule has 0 aromatic heterocycles. The second-order valence-corrected chi connectivity index (χ2v) is 9.13. The first-order chi connectivity index (χ1) is 18.9. The maximum atomic E-state index is 13.5. The number of ketones is 1. The molecule has 4 rings (SSSR count). The topological polar surface area (TPSA) is 142 Å². The van der Waals surface area contributed by atoms with E-state index in [9.17, 15) is 27.6 Å². The standard InChI is InChI=1S/C27H26N2O4.C2HF3O2/c28-17-20-8-11-23-22(14-20)12-13-29(26(23)31)24(15-18-4-2-1-3-5-18)25(30)16-19-6-9-21(10-7-19)27(32)33;3-2(4,5)1(6)7/h1-11,14,24H,12-13,15-17,28H2,(H,32,33);(H,6,7). The average molecular weight is 557 g/mol.